The zero-order chi connectivity index (χ0) is 16.4. The second kappa shape index (κ2) is 7.40. The highest BCUT2D eigenvalue weighted by molar-refractivity contribution is 5.58. The van der Waals surface area contributed by atoms with Crippen molar-refractivity contribution in [3.63, 3.8) is 0 Å². The second-order valence-corrected chi connectivity index (χ2v) is 7.49. The van der Waals surface area contributed by atoms with Crippen LogP contribution in [-0.2, 0) is 24.2 Å². The van der Waals surface area contributed by atoms with Gasteiger partial charge in [0.05, 0.1) is 12.6 Å². The van der Waals surface area contributed by atoms with Gasteiger partial charge in [-0.15, -0.1) is 0 Å². The predicted octanol–water partition coefficient (Wildman–Crippen LogP) is 1.28. The number of likely N-dealkylation sites (N-methyl/N-ethyl adjacent to an activating group) is 1. The van der Waals surface area contributed by atoms with Crippen LogP contribution in [0.2, 0.25) is 0 Å². The molecule has 3 heterocycles. The van der Waals surface area contributed by atoms with E-state index in [0.717, 1.165) is 45.7 Å². The lowest BCUT2D eigenvalue weighted by molar-refractivity contribution is 0.148. The third-order valence-corrected chi connectivity index (χ3v) is 5.57. The fraction of sp³-hybridized carbons (Fsp3) is 0.684. The third-order valence-electron chi connectivity index (χ3n) is 5.57. The molecule has 132 valence electrons. The van der Waals surface area contributed by atoms with Crippen molar-refractivity contribution in [3.8, 4) is 0 Å². The molecule has 0 radical (unpaired) electrons. The van der Waals surface area contributed by atoms with Crippen LogP contribution < -0.4 is 10.6 Å². The number of nitrogens with one attached hydrogen (secondary N) is 2. The van der Waals surface area contributed by atoms with Gasteiger partial charge in [-0.3, -0.25) is 4.90 Å². The minimum absolute atomic E-state index is 0.468. The number of fused-ring (bicyclic) bond motifs is 1. The summed E-state index contributed by atoms with van der Waals surface area (Å²) in [6.45, 7) is 9.59. The maximum absolute atomic E-state index is 5.54. The van der Waals surface area contributed by atoms with Crippen LogP contribution >= 0.6 is 0 Å². The highest BCUT2D eigenvalue weighted by atomic mass is 16.5. The van der Waals surface area contributed by atoms with Crippen molar-refractivity contribution in [1.82, 2.24) is 15.1 Å². The standard InChI is InChI=1S/C19H30N4O/c1-22-5-7-23(8-6-22)13-15-10-16-2-4-20-12-18(16)19(11-15)21-17-3-9-24-14-17/h10-11,17,20-21H,2-9,12-14H2,1H3. The van der Waals surface area contributed by atoms with E-state index >= 15 is 0 Å². The topological polar surface area (TPSA) is 39.8 Å². The van der Waals surface area contributed by atoms with Gasteiger partial charge in [0.25, 0.3) is 0 Å². The van der Waals surface area contributed by atoms with E-state index in [1.807, 2.05) is 0 Å². The molecule has 0 aliphatic carbocycles. The van der Waals surface area contributed by atoms with E-state index in [2.05, 4.69) is 39.6 Å². The van der Waals surface area contributed by atoms with Crippen molar-refractivity contribution in [2.45, 2.75) is 32.0 Å². The van der Waals surface area contributed by atoms with Gasteiger partial charge in [-0.2, -0.15) is 0 Å². The zero-order valence-electron chi connectivity index (χ0n) is 14.8. The maximum Gasteiger partial charge on any atom is 0.0668 e. The quantitative estimate of drug-likeness (QED) is 0.870. The molecule has 0 amide bonds. The number of nitrogens with zero attached hydrogens (tertiary/aromatic N) is 2. The second-order valence-electron chi connectivity index (χ2n) is 7.49. The van der Waals surface area contributed by atoms with Crippen LogP contribution in [0.5, 0.6) is 0 Å². The maximum atomic E-state index is 5.54. The van der Waals surface area contributed by atoms with Gasteiger partial charge < -0.3 is 20.3 Å². The number of benzene rings is 1. The van der Waals surface area contributed by atoms with Crippen molar-refractivity contribution in [3.05, 3.63) is 28.8 Å². The summed E-state index contributed by atoms with van der Waals surface area (Å²) in [5, 5.41) is 7.29. The first-order chi connectivity index (χ1) is 11.8. The summed E-state index contributed by atoms with van der Waals surface area (Å²) in [5.74, 6) is 0. The molecule has 0 saturated carbocycles. The Morgan fingerprint density at radius 3 is 2.92 bits per heavy atom. The average Bonchev–Trinajstić information content (AvgIpc) is 3.10. The number of piperazine rings is 1. The molecule has 1 atom stereocenters. The van der Waals surface area contributed by atoms with E-state index in [-0.39, 0.29) is 0 Å². The molecule has 1 aromatic carbocycles. The molecule has 5 heteroatoms. The number of rotatable bonds is 4. The summed E-state index contributed by atoms with van der Waals surface area (Å²) in [5.41, 5.74) is 5.79. The molecule has 1 aromatic rings. The van der Waals surface area contributed by atoms with Gasteiger partial charge in [-0.1, -0.05) is 6.07 Å². The molecule has 3 aliphatic heterocycles. The van der Waals surface area contributed by atoms with Gasteiger partial charge >= 0.3 is 0 Å². The molecule has 0 bridgehead atoms. The molecule has 0 aromatic heterocycles. The van der Waals surface area contributed by atoms with Crippen LogP contribution in [0.25, 0.3) is 0 Å². The first-order valence-corrected chi connectivity index (χ1v) is 9.38. The van der Waals surface area contributed by atoms with E-state index in [0.29, 0.717) is 6.04 Å². The fourth-order valence-corrected chi connectivity index (χ4v) is 4.02. The van der Waals surface area contributed by atoms with Crippen molar-refractivity contribution in [1.29, 1.82) is 0 Å². The Bertz CT molecular complexity index is 563. The Morgan fingerprint density at radius 2 is 2.12 bits per heavy atom. The molecule has 0 spiro atoms. The Morgan fingerprint density at radius 1 is 1.25 bits per heavy atom. The van der Waals surface area contributed by atoms with E-state index in [9.17, 15) is 0 Å². The Kier molecular flexibility index (Phi) is 5.03. The monoisotopic (exact) mass is 330 g/mol. The van der Waals surface area contributed by atoms with E-state index in [1.54, 1.807) is 0 Å². The lowest BCUT2D eigenvalue weighted by Gasteiger charge is -2.33. The number of hydrogen-bond donors (Lipinski definition) is 2. The third kappa shape index (κ3) is 3.75. The van der Waals surface area contributed by atoms with E-state index in [4.69, 9.17) is 4.74 Å². The summed E-state index contributed by atoms with van der Waals surface area (Å²) < 4.78 is 5.54. The minimum Gasteiger partial charge on any atom is -0.380 e. The van der Waals surface area contributed by atoms with Crippen molar-refractivity contribution >= 4 is 5.69 Å². The predicted molar refractivity (Wildman–Crippen MR) is 97.5 cm³/mol. The van der Waals surface area contributed by atoms with Crippen LogP contribution in [0.4, 0.5) is 5.69 Å². The van der Waals surface area contributed by atoms with E-state index in [1.165, 1.54) is 48.6 Å². The molecule has 24 heavy (non-hydrogen) atoms. The average molecular weight is 330 g/mol. The smallest absolute Gasteiger partial charge is 0.0668 e. The van der Waals surface area contributed by atoms with E-state index < -0.39 is 0 Å². The first kappa shape index (κ1) is 16.3. The molecule has 1 unspecified atom stereocenters. The molecule has 2 N–H and O–H groups in total. The first-order valence-electron chi connectivity index (χ1n) is 9.38. The lowest BCUT2D eigenvalue weighted by Crippen LogP contribution is -2.43. The molecule has 3 aliphatic rings. The number of hydrogen-bond acceptors (Lipinski definition) is 5. The SMILES string of the molecule is CN1CCN(Cc2cc3c(c(NC4CCOC4)c2)CNCC3)CC1. The van der Waals surface area contributed by atoms with Gasteiger partial charge in [0, 0.05) is 51.6 Å². The van der Waals surface area contributed by atoms with Gasteiger partial charge in [0.1, 0.15) is 0 Å². The molecule has 5 nitrogen and oxygen atoms in total. The highest BCUT2D eigenvalue weighted by Gasteiger charge is 2.21. The Labute approximate surface area is 145 Å². The minimum atomic E-state index is 0.468. The van der Waals surface area contributed by atoms with Crippen molar-refractivity contribution < 1.29 is 4.74 Å². The zero-order valence-corrected chi connectivity index (χ0v) is 14.8. The Balaban J connectivity index is 1.53. The van der Waals surface area contributed by atoms with Gasteiger partial charge in [-0.25, -0.2) is 0 Å². The van der Waals surface area contributed by atoms with Crippen molar-refractivity contribution in [2.24, 2.45) is 0 Å². The van der Waals surface area contributed by atoms with Crippen LogP contribution in [-0.4, -0.2) is 68.8 Å². The fourth-order valence-electron chi connectivity index (χ4n) is 4.02. The van der Waals surface area contributed by atoms with Crippen LogP contribution in [0.1, 0.15) is 23.1 Å². The molecular formula is C19H30N4O. The van der Waals surface area contributed by atoms with Crippen LogP contribution in [0.15, 0.2) is 12.1 Å². The molecule has 4 rings (SSSR count). The molecule has 2 saturated heterocycles. The normalized spacial score (nSPS) is 25.6. The Hall–Kier alpha value is -1.14. The highest BCUT2D eigenvalue weighted by Crippen LogP contribution is 2.28. The van der Waals surface area contributed by atoms with Crippen LogP contribution in [0, 0.1) is 0 Å². The molecular weight excluding hydrogens is 300 g/mol. The summed E-state index contributed by atoms with van der Waals surface area (Å²) in [4.78, 5) is 5.01. The van der Waals surface area contributed by atoms with Gasteiger partial charge in [-0.05, 0) is 49.2 Å². The van der Waals surface area contributed by atoms with Crippen molar-refractivity contribution in [2.75, 3.05) is 58.3 Å². The number of anilines is 1. The van der Waals surface area contributed by atoms with Crippen LogP contribution in [0.3, 0.4) is 0 Å². The summed E-state index contributed by atoms with van der Waals surface area (Å²) in [6.07, 6.45) is 2.26. The summed E-state index contributed by atoms with van der Waals surface area (Å²) >= 11 is 0. The number of ether oxygens (including phenoxy) is 1. The summed E-state index contributed by atoms with van der Waals surface area (Å²) in [6, 6.07) is 5.31. The van der Waals surface area contributed by atoms with Gasteiger partial charge in [0.15, 0.2) is 0 Å². The largest absolute Gasteiger partial charge is 0.380 e. The lowest BCUT2D eigenvalue weighted by atomic mass is 9.95. The van der Waals surface area contributed by atoms with Gasteiger partial charge in [0.2, 0.25) is 0 Å². The summed E-state index contributed by atoms with van der Waals surface area (Å²) in [7, 11) is 2.22. The molecule has 2 fully saturated rings.